The van der Waals surface area contributed by atoms with E-state index in [2.05, 4.69) is 4.98 Å². The van der Waals surface area contributed by atoms with Gasteiger partial charge in [-0.25, -0.2) is 4.98 Å². The van der Waals surface area contributed by atoms with Gasteiger partial charge in [0, 0.05) is 24.0 Å². The predicted molar refractivity (Wildman–Crippen MR) is 83.9 cm³/mol. The lowest BCUT2D eigenvalue weighted by Gasteiger charge is -2.07. The van der Waals surface area contributed by atoms with Crippen molar-refractivity contribution in [3.05, 3.63) is 82.9 Å². The maximum atomic E-state index is 12.2. The molecule has 4 heteroatoms. The van der Waals surface area contributed by atoms with Crippen molar-refractivity contribution >= 4 is 5.82 Å². The molecule has 2 N–H and O–H groups in total. The van der Waals surface area contributed by atoms with Crippen LogP contribution in [0.3, 0.4) is 0 Å². The monoisotopic (exact) mass is 277 g/mol. The third kappa shape index (κ3) is 3.00. The molecule has 0 atom stereocenters. The number of anilines is 1. The quantitative estimate of drug-likeness (QED) is 0.800. The summed E-state index contributed by atoms with van der Waals surface area (Å²) < 4.78 is 1.68. The number of nitrogen functional groups attached to an aromatic ring is 1. The minimum atomic E-state index is -0.0341. The highest BCUT2D eigenvalue weighted by atomic mass is 16.1. The van der Waals surface area contributed by atoms with Crippen LogP contribution in [-0.2, 0) is 6.54 Å². The average Bonchev–Trinajstić information content (AvgIpc) is 2.51. The van der Waals surface area contributed by atoms with E-state index in [0.717, 1.165) is 16.7 Å². The van der Waals surface area contributed by atoms with Crippen molar-refractivity contribution in [2.75, 3.05) is 5.73 Å². The number of hydrogen-bond donors (Lipinski definition) is 1. The van der Waals surface area contributed by atoms with Gasteiger partial charge in [-0.2, -0.15) is 0 Å². The van der Waals surface area contributed by atoms with Gasteiger partial charge < -0.3 is 10.3 Å². The largest absolute Gasteiger partial charge is 0.384 e. The smallest absolute Gasteiger partial charge is 0.251 e. The second-order valence-electron chi connectivity index (χ2n) is 4.84. The predicted octanol–water partition coefficient (Wildman–Crippen LogP) is 2.54. The van der Waals surface area contributed by atoms with Crippen LogP contribution in [0.5, 0.6) is 0 Å². The molecule has 0 saturated carbocycles. The van der Waals surface area contributed by atoms with E-state index in [9.17, 15) is 4.79 Å². The summed E-state index contributed by atoms with van der Waals surface area (Å²) in [5.74, 6) is 0.469. The highest BCUT2D eigenvalue weighted by molar-refractivity contribution is 5.62. The van der Waals surface area contributed by atoms with Crippen molar-refractivity contribution in [2.24, 2.45) is 0 Å². The van der Waals surface area contributed by atoms with Gasteiger partial charge >= 0.3 is 0 Å². The van der Waals surface area contributed by atoms with E-state index < -0.39 is 0 Å². The second kappa shape index (κ2) is 5.63. The minimum absolute atomic E-state index is 0.0341. The van der Waals surface area contributed by atoms with Gasteiger partial charge in [-0.05, 0) is 29.3 Å². The van der Waals surface area contributed by atoms with Crippen molar-refractivity contribution < 1.29 is 0 Å². The van der Waals surface area contributed by atoms with Crippen LogP contribution >= 0.6 is 0 Å². The standard InChI is InChI=1S/C17H15N3O/c18-16-7-6-15(11-19-16)14-8-9-20(17(21)10-14)12-13-4-2-1-3-5-13/h1-11H,12H2,(H2,18,19). The molecule has 0 saturated heterocycles. The van der Waals surface area contributed by atoms with E-state index in [4.69, 9.17) is 5.73 Å². The molecule has 104 valence electrons. The molecule has 0 aliphatic carbocycles. The van der Waals surface area contributed by atoms with Crippen molar-refractivity contribution in [1.29, 1.82) is 0 Å². The van der Waals surface area contributed by atoms with Gasteiger partial charge in [-0.15, -0.1) is 0 Å². The number of hydrogen-bond acceptors (Lipinski definition) is 3. The SMILES string of the molecule is Nc1ccc(-c2ccn(Cc3ccccc3)c(=O)c2)cn1. The fraction of sp³-hybridized carbons (Fsp3) is 0.0588. The van der Waals surface area contributed by atoms with Crippen molar-refractivity contribution in [3.63, 3.8) is 0 Å². The highest BCUT2D eigenvalue weighted by Gasteiger charge is 2.02. The van der Waals surface area contributed by atoms with Crippen LogP contribution in [0.1, 0.15) is 5.56 Å². The summed E-state index contributed by atoms with van der Waals surface area (Å²) in [5.41, 5.74) is 8.36. The molecule has 4 nitrogen and oxygen atoms in total. The molecule has 1 aromatic carbocycles. The van der Waals surface area contributed by atoms with Crippen molar-refractivity contribution in [1.82, 2.24) is 9.55 Å². The van der Waals surface area contributed by atoms with Crippen LogP contribution in [-0.4, -0.2) is 9.55 Å². The molecule has 0 radical (unpaired) electrons. The lowest BCUT2D eigenvalue weighted by Crippen LogP contribution is -2.19. The van der Waals surface area contributed by atoms with Gasteiger partial charge in [0.1, 0.15) is 5.82 Å². The number of benzene rings is 1. The Morgan fingerprint density at radius 1 is 1.00 bits per heavy atom. The molecule has 0 bridgehead atoms. The molecular weight excluding hydrogens is 262 g/mol. The first-order valence-electron chi connectivity index (χ1n) is 6.69. The van der Waals surface area contributed by atoms with Crippen molar-refractivity contribution in [3.8, 4) is 11.1 Å². The van der Waals surface area contributed by atoms with Crippen LogP contribution in [0.4, 0.5) is 5.82 Å². The lowest BCUT2D eigenvalue weighted by atomic mass is 10.1. The van der Waals surface area contributed by atoms with Gasteiger partial charge in [-0.1, -0.05) is 30.3 Å². The third-order valence-corrected chi connectivity index (χ3v) is 3.31. The number of aromatic nitrogens is 2. The Kier molecular flexibility index (Phi) is 3.51. The normalized spacial score (nSPS) is 10.5. The van der Waals surface area contributed by atoms with Crippen LogP contribution < -0.4 is 11.3 Å². The van der Waals surface area contributed by atoms with E-state index in [1.807, 2.05) is 42.5 Å². The van der Waals surface area contributed by atoms with Gasteiger partial charge in [-0.3, -0.25) is 4.79 Å². The first kappa shape index (κ1) is 13.1. The van der Waals surface area contributed by atoms with Gasteiger partial charge in [0.15, 0.2) is 0 Å². The first-order chi connectivity index (χ1) is 10.2. The zero-order valence-corrected chi connectivity index (χ0v) is 11.4. The Balaban J connectivity index is 1.90. The third-order valence-electron chi connectivity index (χ3n) is 3.31. The summed E-state index contributed by atoms with van der Waals surface area (Å²) in [6, 6.07) is 17.0. The summed E-state index contributed by atoms with van der Waals surface area (Å²) in [5, 5.41) is 0. The van der Waals surface area contributed by atoms with Gasteiger partial charge in [0.2, 0.25) is 0 Å². The lowest BCUT2D eigenvalue weighted by molar-refractivity contribution is 0.760. The zero-order valence-electron chi connectivity index (χ0n) is 11.4. The maximum Gasteiger partial charge on any atom is 0.251 e. The first-order valence-corrected chi connectivity index (χ1v) is 6.69. The van der Waals surface area contributed by atoms with Gasteiger partial charge in [0.25, 0.3) is 5.56 Å². The summed E-state index contributed by atoms with van der Waals surface area (Å²) >= 11 is 0. The van der Waals surface area contributed by atoms with Crippen LogP contribution in [0.25, 0.3) is 11.1 Å². The maximum absolute atomic E-state index is 12.2. The van der Waals surface area contributed by atoms with Crippen molar-refractivity contribution in [2.45, 2.75) is 6.54 Å². The molecular formula is C17H15N3O. The highest BCUT2D eigenvalue weighted by Crippen LogP contribution is 2.17. The number of nitrogens with two attached hydrogens (primary N) is 1. The van der Waals surface area contributed by atoms with E-state index >= 15 is 0 Å². The summed E-state index contributed by atoms with van der Waals surface area (Å²) in [6.45, 7) is 0.569. The van der Waals surface area contributed by atoms with E-state index in [1.54, 1.807) is 29.1 Å². The Hall–Kier alpha value is -2.88. The molecule has 2 heterocycles. The summed E-state index contributed by atoms with van der Waals surface area (Å²) in [7, 11) is 0. The molecule has 0 unspecified atom stereocenters. The van der Waals surface area contributed by atoms with E-state index in [1.165, 1.54) is 0 Å². The molecule has 0 spiro atoms. The molecule has 2 aromatic heterocycles. The molecule has 0 fully saturated rings. The second-order valence-corrected chi connectivity index (χ2v) is 4.84. The Labute approximate surface area is 122 Å². The number of nitrogens with zero attached hydrogens (tertiary/aromatic N) is 2. The molecule has 3 aromatic rings. The Morgan fingerprint density at radius 3 is 2.48 bits per heavy atom. The molecule has 0 aliphatic heterocycles. The van der Waals surface area contributed by atoms with E-state index in [0.29, 0.717) is 12.4 Å². The summed E-state index contributed by atoms with van der Waals surface area (Å²) in [6.07, 6.45) is 3.48. The van der Waals surface area contributed by atoms with Crippen LogP contribution in [0, 0.1) is 0 Å². The van der Waals surface area contributed by atoms with E-state index in [-0.39, 0.29) is 5.56 Å². The average molecular weight is 277 g/mol. The number of rotatable bonds is 3. The van der Waals surface area contributed by atoms with Gasteiger partial charge in [0.05, 0.1) is 6.54 Å². The molecule has 21 heavy (non-hydrogen) atoms. The Morgan fingerprint density at radius 2 is 1.81 bits per heavy atom. The zero-order chi connectivity index (χ0) is 14.7. The molecule has 3 rings (SSSR count). The molecule has 0 aliphatic rings. The van der Waals surface area contributed by atoms with Crippen LogP contribution in [0.15, 0.2) is 71.8 Å². The fourth-order valence-electron chi connectivity index (χ4n) is 2.17. The minimum Gasteiger partial charge on any atom is -0.384 e. The fourth-order valence-corrected chi connectivity index (χ4v) is 2.17. The topological polar surface area (TPSA) is 60.9 Å². The Bertz CT molecular complexity index is 792. The summed E-state index contributed by atoms with van der Waals surface area (Å²) in [4.78, 5) is 16.2. The van der Waals surface area contributed by atoms with Crippen LogP contribution in [0.2, 0.25) is 0 Å². The number of pyridine rings is 2. The molecule has 0 amide bonds.